The van der Waals surface area contributed by atoms with Gasteiger partial charge in [-0.2, -0.15) is 0 Å². The van der Waals surface area contributed by atoms with Crippen molar-refractivity contribution in [3.05, 3.63) is 307 Å². The fraction of sp³-hybridized carbons (Fsp3) is 0.168. The molecule has 14 aromatic carbocycles. The summed E-state index contributed by atoms with van der Waals surface area (Å²) >= 11 is 0. The standard InChI is InChI=1S/C101H85BN4/c1-60-26-17-18-29-72(60)65-52-83-82-58-71(103-87-47-41-66(98(2,3)4)56-80(87)81-57-67(99(5,6)7)42-48-88(81)103)45-49-89(82)106-92-59-91-93(79-36-25-35-78-76-33-22-20-31-74(76)73-30-19-21-32-75(73)77-34-23-24-37-86(77)105(91)95(78)79)97-94(92)102(85(53-65)96(83)106)84-46-40-63(64-50-68(100(8,9)10)55-69(51-64)101(11,12)13)54-90(84)104(97)70-43-38-62(39-44-70)61-27-15-14-16-28-61/h14-59H,1-13H3/i17D,18D,26D,29D. The summed E-state index contributed by atoms with van der Waals surface area (Å²) in [4.78, 5) is 2.62. The van der Waals surface area contributed by atoms with Crippen molar-refractivity contribution in [2.24, 2.45) is 0 Å². The SMILES string of the molecule is [2H]c1c([2H])c([2H])c(-c2cc3c4c(c2)c2cc(-n5c6ccc(C(C)(C)C)cc6c6cc(C(C)(C)C)ccc65)ccc2n4-c2cc4c(c5c2B3c2ccc(-c3cc(C(C)(C)C)cc(C(C)(C)C)c3)cc2N5c2ccc(-c3ccccc3)cc2)c2cccc3c5ccccc5c5ccccc5c5ccccc5n4c32)c(C)c1[2H]. The highest BCUT2D eigenvalue weighted by atomic mass is 15.2. The van der Waals surface area contributed by atoms with Crippen LogP contribution in [0.3, 0.4) is 0 Å². The zero-order valence-electron chi connectivity index (χ0n) is 66.6. The minimum atomic E-state index is -0.416. The number of rotatable bonds is 5. The molecule has 0 fully saturated rings. The first-order chi connectivity index (χ1) is 52.7. The average Bonchev–Trinajstić information content (AvgIpc) is 1.44. The van der Waals surface area contributed by atoms with Crippen LogP contribution >= 0.6 is 0 Å². The third kappa shape index (κ3) is 9.53. The summed E-state index contributed by atoms with van der Waals surface area (Å²) in [6.07, 6.45) is 0. The summed E-state index contributed by atoms with van der Waals surface area (Å²) in [6.45, 7) is 29.2. The van der Waals surface area contributed by atoms with Crippen LogP contribution in [0.5, 0.6) is 0 Å². The third-order valence-corrected chi connectivity index (χ3v) is 23.6. The van der Waals surface area contributed by atoms with E-state index in [-0.39, 0.29) is 45.8 Å². The van der Waals surface area contributed by atoms with Crippen LogP contribution in [-0.4, -0.2) is 20.2 Å². The average molecular weight is 1370 g/mol. The van der Waals surface area contributed by atoms with Crippen molar-refractivity contribution in [2.75, 3.05) is 4.90 Å². The van der Waals surface area contributed by atoms with Crippen LogP contribution in [0.2, 0.25) is 0 Å². The molecule has 0 bridgehead atoms. The normalized spacial score (nSPS) is 13.8. The van der Waals surface area contributed by atoms with E-state index in [1.54, 1.807) is 0 Å². The van der Waals surface area contributed by atoms with E-state index in [4.69, 9.17) is 1.37 Å². The lowest BCUT2D eigenvalue weighted by Gasteiger charge is -2.41. The van der Waals surface area contributed by atoms with Crippen molar-refractivity contribution in [2.45, 2.75) is 112 Å². The summed E-state index contributed by atoms with van der Waals surface area (Å²) in [6, 6.07) is 96.2. The highest BCUT2D eigenvalue weighted by molar-refractivity contribution is 7.00. The molecule has 2 aliphatic heterocycles. The second-order valence-corrected chi connectivity index (χ2v) is 34.2. The highest BCUT2D eigenvalue weighted by Crippen LogP contribution is 2.52. The van der Waals surface area contributed by atoms with Gasteiger partial charge in [0.1, 0.15) is 0 Å². The Hall–Kier alpha value is -11.7. The molecule has 0 N–H and O–H groups in total. The van der Waals surface area contributed by atoms with Gasteiger partial charge in [-0.25, -0.2) is 0 Å². The number of anilines is 3. The Morgan fingerprint density at radius 3 is 1.49 bits per heavy atom. The maximum atomic E-state index is 9.98. The summed E-state index contributed by atoms with van der Waals surface area (Å²) in [5.74, 6) is 0. The Morgan fingerprint density at radius 1 is 0.311 bits per heavy atom. The number of nitrogens with zero attached hydrogens (tertiary/aromatic N) is 4. The quantitative estimate of drug-likeness (QED) is 0.157. The lowest BCUT2D eigenvalue weighted by Crippen LogP contribution is -2.60. The molecule has 6 heterocycles. The first kappa shape index (κ1) is 59.7. The molecule has 18 aromatic rings. The molecule has 2 aliphatic rings. The van der Waals surface area contributed by atoms with E-state index in [2.05, 4.69) is 356 Å². The maximum absolute atomic E-state index is 9.98. The molecule has 0 aliphatic carbocycles. The number of hydrogen-bond acceptors (Lipinski definition) is 1. The Kier molecular flexibility index (Phi) is 12.8. The molecule has 0 radical (unpaired) electrons. The second kappa shape index (κ2) is 22.7. The highest BCUT2D eigenvalue weighted by Gasteiger charge is 2.45. The van der Waals surface area contributed by atoms with Gasteiger partial charge in [0.05, 0.1) is 44.3 Å². The molecule has 106 heavy (non-hydrogen) atoms. The zero-order valence-corrected chi connectivity index (χ0v) is 62.6. The van der Waals surface area contributed by atoms with Crippen molar-refractivity contribution in [1.29, 1.82) is 0 Å². The second-order valence-electron chi connectivity index (χ2n) is 34.2. The van der Waals surface area contributed by atoms with Gasteiger partial charge in [-0.15, -0.1) is 0 Å². The molecular formula is C101H85BN4. The monoisotopic (exact) mass is 1370 g/mol. The minimum absolute atomic E-state index is 0.0391. The molecule has 0 unspecified atom stereocenters. The van der Waals surface area contributed by atoms with Crippen LogP contribution in [0.15, 0.2) is 279 Å². The van der Waals surface area contributed by atoms with E-state index in [0.717, 1.165) is 154 Å². The number of para-hydroxylation sites is 2. The topological polar surface area (TPSA) is 17.5 Å². The molecule has 0 saturated carbocycles. The minimum Gasteiger partial charge on any atom is -0.311 e. The van der Waals surface area contributed by atoms with Crippen LogP contribution in [0.1, 0.15) is 116 Å². The third-order valence-electron chi connectivity index (χ3n) is 23.6. The van der Waals surface area contributed by atoms with Gasteiger partial charge in [0, 0.05) is 71.4 Å². The Morgan fingerprint density at radius 2 is 0.840 bits per heavy atom. The summed E-state index contributed by atoms with van der Waals surface area (Å²) in [5.41, 5.74) is 27.1. The van der Waals surface area contributed by atoms with Gasteiger partial charge >= 0.3 is 0 Å². The molecule has 512 valence electrons. The molecule has 4 nitrogen and oxygen atoms in total. The number of fused-ring (bicyclic) bond motifs is 21. The smallest absolute Gasteiger partial charge is 0.252 e. The van der Waals surface area contributed by atoms with Gasteiger partial charge < -0.3 is 18.4 Å². The van der Waals surface area contributed by atoms with E-state index in [1.807, 2.05) is 6.92 Å². The molecule has 4 aromatic heterocycles. The van der Waals surface area contributed by atoms with E-state index in [9.17, 15) is 4.11 Å². The van der Waals surface area contributed by atoms with Crippen LogP contribution in [-0.2, 0) is 21.7 Å². The van der Waals surface area contributed by atoms with Crippen LogP contribution in [0.25, 0.3) is 148 Å². The molecule has 0 spiro atoms. The maximum Gasteiger partial charge on any atom is 0.252 e. The number of aromatic nitrogens is 3. The first-order valence-electron chi connectivity index (χ1n) is 39.7. The van der Waals surface area contributed by atoms with Gasteiger partial charge in [-0.1, -0.05) is 283 Å². The predicted octanol–water partition coefficient (Wildman–Crippen LogP) is 25.6. The van der Waals surface area contributed by atoms with Crippen LogP contribution < -0.4 is 21.3 Å². The van der Waals surface area contributed by atoms with E-state index >= 15 is 0 Å². The van der Waals surface area contributed by atoms with Crippen molar-refractivity contribution in [1.82, 2.24) is 13.5 Å². The number of hydrogen-bond donors (Lipinski definition) is 0. The van der Waals surface area contributed by atoms with Crippen molar-refractivity contribution in [3.8, 4) is 44.8 Å². The van der Waals surface area contributed by atoms with Gasteiger partial charge in [0.2, 0.25) is 0 Å². The van der Waals surface area contributed by atoms with Gasteiger partial charge in [-0.05, 0) is 207 Å². The number of benzene rings is 14. The van der Waals surface area contributed by atoms with E-state index < -0.39 is 6.71 Å². The van der Waals surface area contributed by atoms with Gasteiger partial charge in [0.15, 0.2) is 0 Å². The molecule has 20 rings (SSSR count). The van der Waals surface area contributed by atoms with E-state index in [1.165, 1.54) is 43.8 Å². The molecule has 0 amide bonds. The first-order valence-corrected chi connectivity index (χ1v) is 37.7. The fourth-order valence-electron chi connectivity index (χ4n) is 18.1. The lowest BCUT2D eigenvalue weighted by atomic mass is 9.33. The predicted molar refractivity (Wildman–Crippen MR) is 458 cm³/mol. The summed E-state index contributed by atoms with van der Waals surface area (Å²) in [5, 5.41) is 13.6. The fourth-order valence-corrected chi connectivity index (χ4v) is 18.1. The zero-order chi connectivity index (χ0) is 75.8. The molecule has 0 atom stereocenters. The lowest BCUT2D eigenvalue weighted by molar-refractivity contribution is 0.569. The van der Waals surface area contributed by atoms with Crippen LogP contribution in [0.4, 0.5) is 17.1 Å². The largest absolute Gasteiger partial charge is 0.311 e. The Labute approximate surface area is 626 Å². The summed E-state index contributed by atoms with van der Waals surface area (Å²) < 4.78 is 45.6. The Balaban J connectivity index is 1.00. The molecule has 0 saturated heterocycles. The Bertz CT molecular complexity index is 6990. The van der Waals surface area contributed by atoms with E-state index in [0.29, 0.717) is 11.1 Å². The molecular weight excluding hydrogens is 1280 g/mol. The van der Waals surface area contributed by atoms with Crippen LogP contribution in [0, 0.1) is 6.92 Å². The van der Waals surface area contributed by atoms with Crippen molar-refractivity contribution < 1.29 is 5.48 Å². The summed E-state index contributed by atoms with van der Waals surface area (Å²) in [7, 11) is 0. The van der Waals surface area contributed by atoms with Crippen molar-refractivity contribution >= 4 is 143 Å². The molecule has 5 heteroatoms. The van der Waals surface area contributed by atoms with Crippen molar-refractivity contribution in [3.63, 3.8) is 0 Å². The van der Waals surface area contributed by atoms with Gasteiger partial charge in [-0.3, -0.25) is 0 Å². The van der Waals surface area contributed by atoms with Gasteiger partial charge in [0.25, 0.3) is 6.71 Å².